The largest absolute Gasteiger partial charge is 0.383 e. The number of carbonyl (C=O) groups is 2. The number of amides is 3. The van der Waals surface area contributed by atoms with E-state index in [0.717, 1.165) is 5.69 Å². The Morgan fingerprint density at radius 2 is 1.83 bits per heavy atom. The lowest BCUT2D eigenvalue weighted by atomic mass is 10.2. The van der Waals surface area contributed by atoms with Crippen LogP contribution in [0.25, 0.3) is 0 Å². The molecule has 7 heteroatoms. The van der Waals surface area contributed by atoms with Crippen molar-refractivity contribution >= 4 is 17.6 Å². The molecule has 0 aliphatic carbocycles. The van der Waals surface area contributed by atoms with Crippen molar-refractivity contribution in [3.63, 3.8) is 0 Å². The van der Waals surface area contributed by atoms with E-state index >= 15 is 0 Å². The molecule has 1 aromatic rings. The molecule has 1 N–H and O–H groups in total. The summed E-state index contributed by atoms with van der Waals surface area (Å²) in [6, 6.07) is 9.09. The average Bonchev–Trinajstić information content (AvgIpc) is 2.96. The summed E-state index contributed by atoms with van der Waals surface area (Å²) >= 11 is 0. The number of carbonyl (C=O) groups excluding carboxylic acids is 2. The number of nitrogens with one attached hydrogen (secondary N) is 1. The highest BCUT2D eigenvalue weighted by atomic mass is 16.5. The highest BCUT2D eigenvalue weighted by Gasteiger charge is 2.32. The van der Waals surface area contributed by atoms with Crippen LogP contribution in [0.4, 0.5) is 10.5 Å². The molecule has 1 aliphatic heterocycles. The van der Waals surface area contributed by atoms with Gasteiger partial charge in [0.05, 0.1) is 19.3 Å². The van der Waals surface area contributed by atoms with Crippen molar-refractivity contribution in [2.24, 2.45) is 0 Å². The molecule has 2 rings (SSSR count). The van der Waals surface area contributed by atoms with Crippen LogP contribution in [0.3, 0.4) is 0 Å². The predicted molar refractivity (Wildman–Crippen MR) is 91.1 cm³/mol. The summed E-state index contributed by atoms with van der Waals surface area (Å²) in [7, 11) is 3.19. The van der Waals surface area contributed by atoms with Crippen molar-refractivity contribution in [2.75, 3.05) is 52.0 Å². The molecule has 1 fully saturated rings. The van der Waals surface area contributed by atoms with Gasteiger partial charge < -0.3 is 24.6 Å². The Morgan fingerprint density at radius 3 is 2.42 bits per heavy atom. The van der Waals surface area contributed by atoms with Crippen LogP contribution in [0.5, 0.6) is 0 Å². The highest BCUT2D eigenvalue weighted by Crippen LogP contribution is 2.21. The van der Waals surface area contributed by atoms with Crippen LogP contribution in [0, 0.1) is 0 Å². The predicted octanol–water partition coefficient (Wildman–Crippen LogP) is 1.10. The van der Waals surface area contributed by atoms with Gasteiger partial charge in [-0.2, -0.15) is 0 Å². The van der Waals surface area contributed by atoms with Gasteiger partial charge in [0.2, 0.25) is 5.91 Å². The van der Waals surface area contributed by atoms with Crippen molar-refractivity contribution < 1.29 is 19.1 Å². The van der Waals surface area contributed by atoms with E-state index in [2.05, 4.69) is 5.32 Å². The molecule has 0 unspecified atom stereocenters. The second-order valence-electron chi connectivity index (χ2n) is 5.66. The van der Waals surface area contributed by atoms with Crippen molar-refractivity contribution in [3.8, 4) is 0 Å². The summed E-state index contributed by atoms with van der Waals surface area (Å²) in [4.78, 5) is 28.0. The first kappa shape index (κ1) is 18.2. The van der Waals surface area contributed by atoms with Crippen LogP contribution < -0.4 is 10.2 Å². The van der Waals surface area contributed by atoms with E-state index in [0.29, 0.717) is 39.3 Å². The van der Waals surface area contributed by atoms with Gasteiger partial charge in [-0.05, 0) is 12.1 Å². The minimum Gasteiger partial charge on any atom is -0.383 e. The Bertz CT molecular complexity index is 530. The van der Waals surface area contributed by atoms with Crippen molar-refractivity contribution in [3.05, 3.63) is 30.3 Å². The number of ether oxygens (including phenoxy) is 2. The molecule has 0 bridgehead atoms. The fourth-order valence-electron chi connectivity index (χ4n) is 2.65. The van der Waals surface area contributed by atoms with Gasteiger partial charge in [0.25, 0.3) is 0 Å². The van der Waals surface area contributed by atoms with Crippen LogP contribution in [0.1, 0.15) is 6.42 Å². The summed E-state index contributed by atoms with van der Waals surface area (Å²) in [6.07, 6.45) is 0.309. The van der Waals surface area contributed by atoms with Gasteiger partial charge in [-0.3, -0.25) is 4.79 Å². The third-order valence-electron chi connectivity index (χ3n) is 3.94. The summed E-state index contributed by atoms with van der Waals surface area (Å²) < 4.78 is 10.1. The number of urea groups is 1. The van der Waals surface area contributed by atoms with Crippen molar-refractivity contribution in [1.29, 1.82) is 0 Å². The van der Waals surface area contributed by atoms with E-state index in [4.69, 9.17) is 9.47 Å². The molecular weight excluding hydrogens is 310 g/mol. The summed E-state index contributed by atoms with van der Waals surface area (Å²) in [5.41, 5.74) is 0.856. The monoisotopic (exact) mass is 335 g/mol. The second kappa shape index (κ2) is 9.24. The van der Waals surface area contributed by atoms with Crippen LogP contribution in [0.2, 0.25) is 0 Å². The number of hydrogen-bond acceptors (Lipinski definition) is 4. The molecule has 132 valence electrons. The Kier molecular flexibility index (Phi) is 7.02. The lowest BCUT2D eigenvalue weighted by Crippen LogP contribution is -2.47. The number of rotatable bonds is 8. The summed E-state index contributed by atoms with van der Waals surface area (Å²) in [5.74, 6) is 0.0202. The Balaban J connectivity index is 1.92. The van der Waals surface area contributed by atoms with Crippen molar-refractivity contribution in [1.82, 2.24) is 10.2 Å². The second-order valence-corrected chi connectivity index (χ2v) is 5.66. The van der Waals surface area contributed by atoms with Gasteiger partial charge in [0.1, 0.15) is 0 Å². The lowest BCUT2D eigenvalue weighted by Gasteiger charge is -2.24. The molecule has 7 nitrogen and oxygen atoms in total. The van der Waals surface area contributed by atoms with E-state index in [1.165, 1.54) is 0 Å². The maximum Gasteiger partial charge on any atom is 0.317 e. The van der Waals surface area contributed by atoms with Crippen LogP contribution in [0.15, 0.2) is 30.3 Å². The number of methoxy groups -OCH3 is 2. The smallest absolute Gasteiger partial charge is 0.317 e. The van der Waals surface area contributed by atoms with Crippen molar-refractivity contribution in [2.45, 2.75) is 12.5 Å². The number of para-hydroxylation sites is 1. The van der Waals surface area contributed by atoms with E-state index in [-0.39, 0.29) is 18.0 Å². The number of nitrogens with zero attached hydrogens (tertiary/aromatic N) is 2. The zero-order valence-corrected chi connectivity index (χ0v) is 14.2. The Hall–Kier alpha value is -2.12. The number of benzene rings is 1. The standard InChI is InChI=1S/C17H25N3O4/c1-23-10-8-19(9-11-24-2)17(22)18-14-12-16(21)20(13-14)15-6-4-3-5-7-15/h3-7,14H,8-13H2,1-2H3,(H,18,22)/t14-/m1/s1. The minimum absolute atomic E-state index is 0.0202. The van der Waals surface area contributed by atoms with Crippen LogP contribution >= 0.6 is 0 Å². The first-order valence-corrected chi connectivity index (χ1v) is 8.04. The van der Waals surface area contributed by atoms with Crippen LogP contribution in [-0.4, -0.2) is 69.9 Å². The Morgan fingerprint density at radius 1 is 1.21 bits per heavy atom. The number of hydrogen-bond donors (Lipinski definition) is 1. The molecule has 0 saturated carbocycles. The van der Waals surface area contributed by atoms with E-state index in [1.807, 2.05) is 30.3 Å². The fraction of sp³-hybridized carbons (Fsp3) is 0.529. The van der Waals surface area contributed by atoms with E-state index < -0.39 is 0 Å². The zero-order valence-electron chi connectivity index (χ0n) is 14.2. The van der Waals surface area contributed by atoms with Gasteiger partial charge in [-0.25, -0.2) is 4.79 Å². The highest BCUT2D eigenvalue weighted by molar-refractivity contribution is 5.96. The molecule has 0 spiro atoms. The molecule has 0 radical (unpaired) electrons. The molecule has 1 heterocycles. The maximum atomic E-state index is 12.4. The molecular formula is C17H25N3O4. The fourth-order valence-corrected chi connectivity index (χ4v) is 2.65. The lowest BCUT2D eigenvalue weighted by molar-refractivity contribution is -0.117. The first-order valence-electron chi connectivity index (χ1n) is 8.04. The van der Waals surface area contributed by atoms with Crippen LogP contribution in [-0.2, 0) is 14.3 Å². The van der Waals surface area contributed by atoms with E-state index in [9.17, 15) is 9.59 Å². The molecule has 24 heavy (non-hydrogen) atoms. The topological polar surface area (TPSA) is 71.1 Å². The molecule has 3 amide bonds. The maximum absolute atomic E-state index is 12.4. The zero-order chi connectivity index (χ0) is 17.4. The molecule has 1 aliphatic rings. The molecule has 0 aromatic heterocycles. The average molecular weight is 335 g/mol. The molecule has 1 aromatic carbocycles. The minimum atomic E-state index is -0.197. The Labute approximate surface area is 142 Å². The summed E-state index contributed by atoms with van der Waals surface area (Å²) in [5, 5.41) is 2.94. The van der Waals surface area contributed by atoms with Gasteiger partial charge in [0, 0.05) is 46.0 Å². The quantitative estimate of drug-likeness (QED) is 0.772. The van der Waals surface area contributed by atoms with Gasteiger partial charge >= 0.3 is 6.03 Å². The third kappa shape index (κ3) is 4.94. The normalized spacial score (nSPS) is 17.2. The third-order valence-corrected chi connectivity index (χ3v) is 3.94. The molecule has 1 saturated heterocycles. The SMILES string of the molecule is COCCN(CCOC)C(=O)N[C@@H]1CC(=O)N(c2ccccc2)C1. The number of anilines is 1. The first-order chi connectivity index (χ1) is 11.7. The molecule has 1 atom stereocenters. The van der Waals surface area contributed by atoms with Gasteiger partial charge in [0.15, 0.2) is 0 Å². The van der Waals surface area contributed by atoms with E-state index in [1.54, 1.807) is 24.0 Å². The van der Waals surface area contributed by atoms with Gasteiger partial charge in [-0.1, -0.05) is 18.2 Å². The summed E-state index contributed by atoms with van der Waals surface area (Å²) in [6.45, 7) is 2.36. The van der Waals surface area contributed by atoms with Gasteiger partial charge in [-0.15, -0.1) is 0 Å².